The highest BCUT2D eigenvalue weighted by Gasteiger charge is 2.41. The van der Waals surface area contributed by atoms with Crippen molar-refractivity contribution in [2.75, 3.05) is 52.5 Å². The molecule has 4 rings (SSSR count). The topological polar surface area (TPSA) is 38.1 Å². The van der Waals surface area contributed by atoms with Crippen LogP contribution in [0, 0.1) is 18.8 Å². The second-order valence-electron chi connectivity index (χ2n) is 7.24. The van der Waals surface area contributed by atoms with Gasteiger partial charge >= 0.3 is 0 Å². The molecule has 3 saturated heterocycles. The van der Waals surface area contributed by atoms with Crippen molar-refractivity contribution < 1.29 is 13.9 Å². The molecule has 3 aliphatic heterocycles. The Kier molecular flexibility index (Phi) is 4.71. The predicted molar refractivity (Wildman–Crippen MR) is 87.3 cm³/mol. The fourth-order valence-electron chi connectivity index (χ4n) is 4.32. The molecule has 0 aromatic carbocycles. The summed E-state index contributed by atoms with van der Waals surface area (Å²) in [6.45, 7) is 11.1. The number of hydrogen-bond acceptors (Lipinski definition) is 5. The summed E-state index contributed by atoms with van der Waals surface area (Å²) < 4.78 is 17.3. The molecule has 5 heteroatoms. The lowest BCUT2D eigenvalue weighted by Crippen LogP contribution is -2.45. The molecule has 0 aliphatic carbocycles. The van der Waals surface area contributed by atoms with Crippen LogP contribution >= 0.6 is 0 Å². The van der Waals surface area contributed by atoms with E-state index in [2.05, 4.69) is 21.9 Å². The number of piperidine rings is 1. The normalized spacial score (nSPS) is 33.0. The van der Waals surface area contributed by atoms with Crippen molar-refractivity contribution in [2.24, 2.45) is 11.8 Å². The van der Waals surface area contributed by atoms with E-state index in [0.29, 0.717) is 12.0 Å². The van der Waals surface area contributed by atoms with Crippen molar-refractivity contribution >= 4 is 0 Å². The van der Waals surface area contributed by atoms with E-state index in [1.165, 1.54) is 6.42 Å². The molecule has 3 fully saturated rings. The summed E-state index contributed by atoms with van der Waals surface area (Å²) in [7, 11) is 0. The van der Waals surface area contributed by atoms with Gasteiger partial charge < -0.3 is 13.9 Å². The van der Waals surface area contributed by atoms with Crippen molar-refractivity contribution in [2.45, 2.75) is 26.0 Å². The minimum atomic E-state index is 0.422. The molecule has 0 radical (unpaired) electrons. The Balaban J connectivity index is 1.29. The van der Waals surface area contributed by atoms with Crippen LogP contribution in [0.1, 0.15) is 17.9 Å². The van der Waals surface area contributed by atoms with Gasteiger partial charge in [0.1, 0.15) is 11.5 Å². The second-order valence-corrected chi connectivity index (χ2v) is 7.24. The highest BCUT2D eigenvalue weighted by Crippen LogP contribution is 2.35. The van der Waals surface area contributed by atoms with Crippen LogP contribution in [0.2, 0.25) is 0 Å². The van der Waals surface area contributed by atoms with E-state index in [1.807, 2.05) is 6.92 Å². The molecule has 0 bridgehead atoms. The number of aryl methyl sites for hydroxylation is 1. The minimum Gasteiger partial charge on any atom is -0.465 e. The molecule has 4 heterocycles. The first-order chi connectivity index (χ1) is 11.3. The maximum absolute atomic E-state index is 6.17. The number of fused-ring (bicyclic) bond motifs is 1. The summed E-state index contributed by atoms with van der Waals surface area (Å²) in [5.41, 5.74) is 0. The van der Waals surface area contributed by atoms with Gasteiger partial charge in [-0.2, -0.15) is 0 Å². The van der Waals surface area contributed by atoms with Gasteiger partial charge in [0.15, 0.2) is 0 Å². The van der Waals surface area contributed by atoms with Crippen molar-refractivity contribution in [3.05, 3.63) is 23.7 Å². The van der Waals surface area contributed by atoms with Gasteiger partial charge in [-0.15, -0.1) is 0 Å². The van der Waals surface area contributed by atoms with Crippen LogP contribution in [0.5, 0.6) is 0 Å². The third kappa shape index (κ3) is 3.63. The van der Waals surface area contributed by atoms with Gasteiger partial charge in [-0.1, -0.05) is 0 Å². The maximum atomic E-state index is 6.17. The zero-order chi connectivity index (χ0) is 15.6. The molecular weight excluding hydrogens is 292 g/mol. The van der Waals surface area contributed by atoms with Crippen LogP contribution in [0.15, 0.2) is 16.5 Å². The molecule has 128 valence electrons. The van der Waals surface area contributed by atoms with E-state index in [-0.39, 0.29) is 0 Å². The Morgan fingerprint density at radius 1 is 1.13 bits per heavy atom. The maximum Gasteiger partial charge on any atom is 0.118 e. The molecule has 3 aliphatic rings. The summed E-state index contributed by atoms with van der Waals surface area (Å²) in [5.74, 6) is 3.51. The first-order valence-corrected chi connectivity index (χ1v) is 8.97. The summed E-state index contributed by atoms with van der Waals surface area (Å²) in [5, 5.41) is 0. The monoisotopic (exact) mass is 320 g/mol. The zero-order valence-electron chi connectivity index (χ0n) is 14.1. The number of furan rings is 1. The molecular formula is C18H28N2O3. The quantitative estimate of drug-likeness (QED) is 0.845. The van der Waals surface area contributed by atoms with E-state index in [9.17, 15) is 0 Å². The molecule has 0 saturated carbocycles. The highest BCUT2D eigenvalue weighted by atomic mass is 16.5. The van der Waals surface area contributed by atoms with Crippen molar-refractivity contribution in [1.82, 2.24) is 9.80 Å². The molecule has 0 unspecified atom stereocenters. The standard InChI is InChI=1S/C18H28N2O3/c1-14-2-3-16(23-14)11-20-5-4-17-15(10-20)13-22-18(17)12-19-6-8-21-9-7-19/h2-3,15,17-18H,4-13H2,1H3/t15-,17+,18-/m0/s1. The van der Waals surface area contributed by atoms with Crippen LogP contribution in [0.4, 0.5) is 0 Å². The summed E-state index contributed by atoms with van der Waals surface area (Å²) >= 11 is 0. The lowest BCUT2D eigenvalue weighted by Gasteiger charge is -2.36. The molecule has 0 N–H and O–H groups in total. The Labute approximate surface area is 138 Å². The Bertz CT molecular complexity index is 512. The zero-order valence-corrected chi connectivity index (χ0v) is 14.1. The summed E-state index contributed by atoms with van der Waals surface area (Å²) in [4.78, 5) is 5.04. The van der Waals surface area contributed by atoms with Crippen molar-refractivity contribution in [1.29, 1.82) is 0 Å². The highest BCUT2D eigenvalue weighted by molar-refractivity contribution is 5.06. The summed E-state index contributed by atoms with van der Waals surface area (Å²) in [6, 6.07) is 4.16. The fraction of sp³-hybridized carbons (Fsp3) is 0.778. The molecule has 0 spiro atoms. The largest absolute Gasteiger partial charge is 0.465 e. The Morgan fingerprint density at radius 2 is 2.00 bits per heavy atom. The van der Waals surface area contributed by atoms with Gasteiger partial charge in [0, 0.05) is 32.1 Å². The number of likely N-dealkylation sites (tertiary alicyclic amines) is 1. The number of nitrogens with zero attached hydrogens (tertiary/aromatic N) is 2. The van der Waals surface area contributed by atoms with Crippen LogP contribution in [0.3, 0.4) is 0 Å². The van der Waals surface area contributed by atoms with Crippen molar-refractivity contribution in [3.63, 3.8) is 0 Å². The Hall–Kier alpha value is -0.880. The van der Waals surface area contributed by atoms with Gasteiger partial charge in [0.2, 0.25) is 0 Å². The molecule has 5 nitrogen and oxygen atoms in total. The van der Waals surface area contributed by atoms with E-state index in [0.717, 1.165) is 76.5 Å². The molecule has 1 aromatic rings. The average molecular weight is 320 g/mol. The van der Waals surface area contributed by atoms with Crippen molar-refractivity contribution in [3.8, 4) is 0 Å². The Morgan fingerprint density at radius 3 is 2.78 bits per heavy atom. The van der Waals surface area contributed by atoms with Crippen LogP contribution in [-0.4, -0.2) is 68.4 Å². The van der Waals surface area contributed by atoms with Gasteiger partial charge in [0.25, 0.3) is 0 Å². The first-order valence-electron chi connectivity index (χ1n) is 8.97. The third-order valence-corrected chi connectivity index (χ3v) is 5.60. The lowest BCUT2D eigenvalue weighted by atomic mass is 9.84. The first kappa shape index (κ1) is 15.6. The van der Waals surface area contributed by atoms with E-state index in [4.69, 9.17) is 13.9 Å². The molecule has 23 heavy (non-hydrogen) atoms. The minimum absolute atomic E-state index is 0.422. The predicted octanol–water partition coefficient (Wildman–Crippen LogP) is 1.76. The molecule has 1 aromatic heterocycles. The number of rotatable bonds is 4. The SMILES string of the molecule is Cc1ccc(CN2CC[C@@H]3[C@H](CO[C@H]3CN3CCOCC3)C2)o1. The van der Waals surface area contributed by atoms with E-state index in [1.54, 1.807) is 0 Å². The van der Waals surface area contributed by atoms with Crippen LogP contribution in [-0.2, 0) is 16.0 Å². The van der Waals surface area contributed by atoms with Gasteiger partial charge in [-0.25, -0.2) is 0 Å². The van der Waals surface area contributed by atoms with E-state index < -0.39 is 0 Å². The molecule has 0 amide bonds. The lowest BCUT2D eigenvalue weighted by molar-refractivity contribution is -0.00276. The third-order valence-electron chi connectivity index (χ3n) is 5.60. The second kappa shape index (κ2) is 6.93. The molecule has 3 atom stereocenters. The average Bonchev–Trinajstić information content (AvgIpc) is 3.15. The fourth-order valence-corrected chi connectivity index (χ4v) is 4.32. The van der Waals surface area contributed by atoms with Crippen LogP contribution < -0.4 is 0 Å². The number of ether oxygens (including phenoxy) is 2. The number of hydrogen-bond donors (Lipinski definition) is 0. The van der Waals surface area contributed by atoms with Gasteiger partial charge in [-0.05, 0) is 37.9 Å². The summed E-state index contributed by atoms with van der Waals surface area (Å²) in [6.07, 6.45) is 1.67. The number of morpholine rings is 1. The van der Waals surface area contributed by atoms with E-state index >= 15 is 0 Å². The van der Waals surface area contributed by atoms with Gasteiger partial charge in [-0.3, -0.25) is 9.80 Å². The van der Waals surface area contributed by atoms with Gasteiger partial charge in [0.05, 0.1) is 32.5 Å². The smallest absolute Gasteiger partial charge is 0.118 e. The van der Waals surface area contributed by atoms with Crippen LogP contribution in [0.25, 0.3) is 0 Å².